The zero-order valence-corrected chi connectivity index (χ0v) is 8.62. The summed E-state index contributed by atoms with van der Waals surface area (Å²) in [6.45, 7) is 1.21. The summed E-state index contributed by atoms with van der Waals surface area (Å²) < 4.78 is 22.5. The molecule has 2 atom stereocenters. The molecule has 0 aliphatic carbocycles. The van der Waals surface area contributed by atoms with E-state index in [1.165, 1.54) is 0 Å². The molecule has 0 bridgehead atoms. The number of hydrogen-bond donors (Lipinski definition) is 1. The third-order valence-electron chi connectivity index (χ3n) is 2.77. The molecule has 2 heterocycles. The van der Waals surface area contributed by atoms with Crippen molar-refractivity contribution in [2.75, 3.05) is 24.6 Å². The molecule has 2 unspecified atom stereocenters. The molecule has 74 valence electrons. The number of halogens is 1. The maximum absolute atomic E-state index is 11.2. The Morgan fingerprint density at radius 1 is 1.54 bits per heavy atom. The van der Waals surface area contributed by atoms with Gasteiger partial charge in [-0.15, -0.1) is 12.4 Å². The minimum atomic E-state index is -2.94. The largest absolute Gasteiger partial charge is 0.315 e. The molecule has 0 saturated carbocycles. The highest BCUT2D eigenvalue weighted by molar-refractivity contribution is 7.91. The number of nitriles is 1. The fraction of sp³-hybridized carbons (Fsp3) is 0.857. The van der Waals surface area contributed by atoms with Gasteiger partial charge in [0, 0.05) is 19.0 Å². The summed E-state index contributed by atoms with van der Waals surface area (Å²) >= 11 is 0. The molecule has 1 N–H and O–H groups in total. The summed E-state index contributed by atoms with van der Waals surface area (Å²) in [5.74, 6) is 0.259. The molecule has 2 saturated heterocycles. The molecule has 0 aromatic carbocycles. The molecule has 6 heteroatoms. The minimum absolute atomic E-state index is 0. The van der Waals surface area contributed by atoms with Crippen molar-refractivity contribution < 1.29 is 8.42 Å². The lowest BCUT2D eigenvalue weighted by Gasteiger charge is -2.15. The lowest BCUT2D eigenvalue weighted by Crippen LogP contribution is -2.27. The van der Waals surface area contributed by atoms with E-state index < -0.39 is 15.3 Å². The van der Waals surface area contributed by atoms with Crippen LogP contribution in [0.2, 0.25) is 0 Å². The van der Waals surface area contributed by atoms with E-state index >= 15 is 0 Å². The summed E-state index contributed by atoms with van der Waals surface area (Å²) in [4.78, 5) is 0. The number of rotatable bonds is 0. The second-order valence-corrected chi connectivity index (χ2v) is 5.76. The second-order valence-electron chi connectivity index (χ2n) is 3.65. The average molecular weight is 223 g/mol. The molecule has 0 aromatic heterocycles. The van der Waals surface area contributed by atoms with Crippen LogP contribution in [-0.4, -0.2) is 33.0 Å². The van der Waals surface area contributed by atoms with Crippen molar-refractivity contribution in [3.63, 3.8) is 0 Å². The van der Waals surface area contributed by atoms with Crippen LogP contribution in [0.3, 0.4) is 0 Å². The van der Waals surface area contributed by atoms with E-state index in [9.17, 15) is 8.42 Å². The Labute approximate surface area is 83.6 Å². The van der Waals surface area contributed by atoms with E-state index in [1.807, 2.05) is 0 Å². The van der Waals surface area contributed by atoms with Crippen molar-refractivity contribution in [1.82, 2.24) is 5.32 Å². The zero-order valence-electron chi connectivity index (χ0n) is 6.99. The van der Waals surface area contributed by atoms with Crippen LogP contribution in [0.4, 0.5) is 0 Å². The van der Waals surface area contributed by atoms with Gasteiger partial charge in [-0.2, -0.15) is 5.26 Å². The Balaban J connectivity index is 0.000000845. The zero-order chi connectivity index (χ0) is 8.82. The van der Waals surface area contributed by atoms with Crippen LogP contribution in [0.25, 0.3) is 0 Å². The Morgan fingerprint density at radius 3 is 2.77 bits per heavy atom. The molecule has 2 aliphatic rings. The number of sulfone groups is 1. The van der Waals surface area contributed by atoms with Gasteiger partial charge in [-0.25, -0.2) is 8.42 Å². The van der Waals surface area contributed by atoms with E-state index in [0.717, 1.165) is 0 Å². The topological polar surface area (TPSA) is 70.0 Å². The first-order chi connectivity index (χ1) is 5.58. The number of hydrogen-bond acceptors (Lipinski definition) is 4. The van der Waals surface area contributed by atoms with E-state index in [4.69, 9.17) is 5.26 Å². The van der Waals surface area contributed by atoms with Gasteiger partial charge in [-0.1, -0.05) is 0 Å². The fourth-order valence-electron chi connectivity index (χ4n) is 2.12. The first-order valence-electron chi connectivity index (χ1n) is 3.90. The predicted molar refractivity (Wildman–Crippen MR) is 50.3 cm³/mol. The van der Waals surface area contributed by atoms with Gasteiger partial charge in [0.2, 0.25) is 0 Å². The van der Waals surface area contributed by atoms with Gasteiger partial charge in [-0.3, -0.25) is 0 Å². The maximum atomic E-state index is 11.2. The number of nitrogens with one attached hydrogen (secondary N) is 1. The third-order valence-corrected chi connectivity index (χ3v) is 4.63. The SMILES string of the molecule is Cl.N#CC12CNCC1CS(=O)(=O)C2. The average Bonchev–Trinajstić information content (AvgIpc) is 2.40. The van der Waals surface area contributed by atoms with Gasteiger partial charge >= 0.3 is 0 Å². The molecule has 0 aromatic rings. The third kappa shape index (κ3) is 1.54. The molecule has 2 fully saturated rings. The van der Waals surface area contributed by atoms with Crippen molar-refractivity contribution in [3.05, 3.63) is 0 Å². The summed E-state index contributed by atoms with van der Waals surface area (Å²) in [5, 5.41) is 12.0. The quantitative estimate of drug-likeness (QED) is 0.604. The molecule has 2 rings (SSSR count). The molecule has 0 radical (unpaired) electrons. The predicted octanol–water partition coefficient (Wildman–Crippen LogP) is -0.434. The Morgan fingerprint density at radius 2 is 2.23 bits per heavy atom. The normalized spacial score (nSPS) is 40.4. The minimum Gasteiger partial charge on any atom is -0.315 e. The van der Waals surface area contributed by atoms with Crippen molar-refractivity contribution in [2.45, 2.75) is 0 Å². The van der Waals surface area contributed by atoms with Gasteiger partial charge in [0.15, 0.2) is 9.84 Å². The van der Waals surface area contributed by atoms with Crippen LogP contribution < -0.4 is 5.32 Å². The van der Waals surface area contributed by atoms with Gasteiger partial charge in [0.25, 0.3) is 0 Å². The van der Waals surface area contributed by atoms with Gasteiger partial charge < -0.3 is 5.32 Å². The van der Waals surface area contributed by atoms with E-state index in [1.54, 1.807) is 0 Å². The monoisotopic (exact) mass is 222 g/mol. The lowest BCUT2D eigenvalue weighted by molar-refractivity contribution is 0.410. The van der Waals surface area contributed by atoms with Crippen molar-refractivity contribution in [3.8, 4) is 6.07 Å². The van der Waals surface area contributed by atoms with Crippen molar-refractivity contribution in [2.24, 2.45) is 11.3 Å². The van der Waals surface area contributed by atoms with Crippen LogP contribution in [0.15, 0.2) is 0 Å². The highest BCUT2D eigenvalue weighted by Crippen LogP contribution is 2.39. The second kappa shape index (κ2) is 3.12. The van der Waals surface area contributed by atoms with Crippen molar-refractivity contribution in [1.29, 1.82) is 5.26 Å². The summed E-state index contributed by atoms with van der Waals surface area (Å²) in [5.41, 5.74) is -0.612. The van der Waals surface area contributed by atoms with Crippen LogP contribution in [0.5, 0.6) is 0 Å². The number of fused-ring (bicyclic) bond motifs is 1. The van der Waals surface area contributed by atoms with Gasteiger partial charge in [0.05, 0.1) is 23.0 Å². The molecule has 4 nitrogen and oxygen atoms in total. The van der Waals surface area contributed by atoms with Gasteiger partial charge in [-0.05, 0) is 0 Å². The van der Waals surface area contributed by atoms with E-state index in [-0.39, 0.29) is 29.8 Å². The summed E-state index contributed by atoms with van der Waals surface area (Å²) in [6, 6.07) is 2.15. The molecule has 0 spiro atoms. The molecule has 2 aliphatic heterocycles. The Kier molecular flexibility index (Phi) is 2.59. The van der Waals surface area contributed by atoms with Crippen LogP contribution in [-0.2, 0) is 9.84 Å². The number of nitrogens with zero attached hydrogens (tertiary/aromatic N) is 1. The summed E-state index contributed by atoms with van der Waals surface area (Å²) in [7, 11) is -2.94. The highest BCUT2D eigenvalue weighted by atomic mass is 35.5. The molecule has 0 amide bonds. The van der Waals surface area contributed by atoms with Crippen molar-refractivity contribution >= 4 is 22.2 Å². The smallest absolute Gasteiger partial charge is 0.152 e. The van der Waals surface area contributed by atoms with E-state index in [0.29, 0.717) is 13.1 Å². The highest BCUT2D eigenvalue weighted by Gasteiger charge is 2.53. The van der Waals surface area contributed by atoms with Crippen LogP contribution in [0, 0.1) is 22.7 Å². The first kappa shape index (κ1) is 10.8. The van der Waals surface area contributed by atoms with Crippen LogP contribution in [0.1, 0.15) is 0 Å². The lowest BCUT2D eigenvalue weighted by atomic mass is 9.83. The first-order valence-corrected chi connectivity index (χ1v) is 5.73. The maximum Gasteiger partial charge on any atom is 0.152 e. The summed E-state index contributed by atoms with van der Waals surface area (Å²) in [6.07, 6.45) is 0. The standard InChI is InChI=1S/C7H10N2O2S.ClH/c8-3-7-4-9-1-6(7)2-12(10,11)5-7;/h6,9H,1-2,4-5H2;1H. The van der Waals surface area contributed by atoms with Crippen LogP contribution >= 0.6 is 12.4 Å². The van der Waals surface area contributed by atoms with E-state index in [2.05, 4.69) is 11.4 Å². The molecule has 13 heavy (non-hydrogen) atoms. The Hall–Kier alpha value is -0.310. The molecular formula is C7H11ClN2O2S. The fourth-order valence-corrected chi connectivity index (χ4v) is 4.47. The Bertz CT molecular complexity index is 348. The molecular weight excluding hydrogens is 212 g/mol. The van der Waals surface area contributed by atoms with Gasteiger partial charge in [0.1, 0.15) is 0 Å².